The lowest BCUT2D eigenvalue weighted by Crippen LogP contribution is -2.24. The molecule has 0 aliphatic carbocycles. The van der Waals surface area contributed by atoms with Gasteiger partial charge in [-0.15, -0.1) is 0 Å². The number of aromatic amines is 1. The van der Waals surface area contributed by atoms with E-state index in [0.29, 0.717) is 40.8 Å². The molecule has 0 bridgehead atoms. The summed E-state index contributed by atoms with van der Waals surface area (Å²) >= 11 is 0. The van der Waals surface area contributed by atoms with E-state index < -0.39 is 11.7 Å². The number of hydrogen-bond acceptors (Lipinski definition) is 3. The molecule has 1 aliphatic heterocycles. The molecule has 1 atom stereocenters. The summed E-state index contributed by atoms with van der Waals surface area (Å²) in [7, 11) is 0. The number of halogens is 1. The highest BCUT2D eigenvalue weighted by atomic mass is 19.1. The van der Waals surface area contributed by atoms with Gasteiger partial charge in [-0.1, -0.05) is 0 Å². The molecule has 1 unspecified atom stereocenters. The van der Waals surface area contributed by atoms with E-state index in [9.17, 15) is 14.0 Å². The molecule has 2 heterocycles. The van der Waals surface area contributed by atoms with E-state index in [1.165, 1.54) is 12.1 Å². The third-order valence-corrected chi connectivity index (χ3v) is 4.36. The van der Waals surface area contributed by atoms with Crippen LogP contribution in [0.25, 0.3) is 10.9 Å². The van der Waals surface area contributed by atoms with Crippen LogP contribution in [0.3, 0.4) is 0 Å². The number of aryl methyl sites for hydroxylation is 1. The van der Waals surface area contributed by atoms with Crippen molar-refractivity contribution in [2.24, 2.45) is 5.73 Å². The Balaban J connectivity index is 2.19. The number of benzene rings is 1. The number of H-pyrrole nitrogens is 1. The maximum absolute atomic E-state index is 13.8. The van der Waals surface area contributed by atoms with E-state index in [1.807, 2.05) is 0 Å². The molecule has 5 nitrogen and oxygen atoms in total. The molecular formula is C17H19FN2O3. The first-order valence-corrected chi connectivity index (χ1v) is 7.70. The van der Waals surface area contributed by atoms with Crippen molar-refractivity contribution in [3.05, 3.63) is 45.0 Å². The molecule has 0 saturated carbocycles. The number of rotatable bonds is 4. The molecule has 1 aliphatic rings. The van der Waals surface area contributed by atoms with E-state index in [0.717, 1.165) is 12.8 Å². The highest BCUT2D eigenvalue weighted by molar-refractivity contribution is 5.84. The van der Waals surface area contributed by atoms with Crippen molar-refractivity contribution in [3.63, 3.8) is 0 Å². The number of fused-ring (bicyclic) bond motifs is 1. The summed E-state index contributed by atoms with van der Waals surface area (Å²) in [5.41, 5.74) is 6.84. The molecule has 0 spiro atoms. The van der Waals surface area contributed by atoms with Crippen LogP contribution >= 0.6 is 0 Å². The first kappa shape index (κ1) is 15.7. The molecule has 1 fully saturated rings. The van der Waals surface area contributed by atoms with Gasteiger partial charge in [-0.2, -0.15) is 0 Å². The van der Waals surface area contributed by atoms with Gasteiger partial charge in [0.15, 0.2) is 5.43 Å². The van der Waals surface area contributed by atoms with Gasteiger partial charge in [0.25, 0.3) is 0 Å². The molecule has 2 aromatic rings. The second kappa shape index (κ2) is 6.12. The Morgan fingerprint density at radius 2 is 2.26 bits per heavy atom. The van der Waals surface area contributed by atoms with Crippen LogP contribution in [0.5, 0.6) is 0 Å². The zero-order chi connectivity index (χ0) is 16.6. The number of amides is 1. The molecule has 3 rings (SSSR count). The van der Waals surface area contributed by atoms with Crippen LogP contribution in [0.1, 0.15) is 29.7 Å². The molecule has 1 saturated heterocycles. The lowest BCUT2D eigenvalue weighted by molar-refractivity contribution is -0.117. The van der Waals surface area contributed by atoms with Crippen LogP contribution in [0.15, 0.2) is 16.9 Å². The van der Waals surface area contributed by atoms with Crippen LogP contribution in [-0.2, 0) is 22.4 Å². The number of carbonyl (C=O) groups is 1. The smallest absolute Gasteiger partial charge is 0.223 e. The van der Waals surface area contributed by atoms with Gasteiger partial charge in [0.1, 0.15) is 5.82 Å². The fraction of sp³-hybridized carbons (Fsp3) is 0.412. The van der Waals surface area contributed by atoms with Crippen LogP contribution in [0.4, 0.5) is 4.39 Å². The molecule has 122 valence electrons. The first-order valence-electron chi connectivity index (χ1n) is 7.70. The SMILES string of the molecule is Cc1c(F)ccc2[nH]c(CC(N)=O)c(CC3CCCO3)c(=O)c12. The van der Waals surface area contributed by atoms with Crippen molar-refractivity contribution in [2.75, 3.05) is 6.61 Å². The second-order valence-electron chi connectivity index (χ2n) is 5.99. The summed E-state index contributed by atoms with van der Waals surface area (Å²) in [5, 5.41) is 0.325. The van der Waals surface area contributed by atoms with Gasteiger partial charge in [0.05, 0.1) is 17.9 Å². The van der Waals surface area contributed by atoms with Gasteiger partial charge in [-0.05, 0) is 37.5 Å². The number of aromatic nitrogens is 1. The maximum Gasteiger partial charge on any atom is 0.223 e. The van der Waals surface area contributed by atoms with Crippen LogP contribution in [0, 0.1) is 12.7 Å². The Hall–Kier alpha value is -2.21. The summed E-state index contributed by atoms with van der Waals surface area (Å²) in [6.07, 6.45) is 2.13. The molecule has 1 aromatic heterocycles. The molecule has 0 radical (unpaired) electrons. The van der Waals surface area contributed by atoms with Crippen molar-refractivity contribution >= 4 is 16.8 Å². The summed E-state index contributed by atoms with van der Waals surface area (Å²) in [5.74, 6) is -0.943. The minimum Gasteiger partial charge on any atom is -0.378 e. The van der Waals surface area contributed by atoms with Crippen LogP contribution < -0.4 is 11.2 Å². The second-order valence-corrected chi connectivity index (χ2v) is 5.99. The quantitative estimate of drug-likeness (QED) is 0.900. The summed E-state index contributed by atoms with van der Waals surface area (Å²) in [6, 6.07) is 2.82. The summed E-state index contributed by atoms with van der Waals surface area (Å²) in [6.45, 7) is 2.26. The number of carbonyl (C=O) groups excluding carboxylic acids is 1. The fourth-order valence-corrected chi connectivity index (χ4v) is 3.18. The normalized spacial score (nSPS) is 17.7. The minimum absolute atomic E-state index is 0.0472. The topological polar surface area (TPSA) is 85.2 Å². The molecule has 3 N–H and O–H groups in total. The monoisotopic (exact) mass is 318 g/mol. The molecule has 1 aromatic carbocycles. The predicted molar refractivity (Wildman–Crippen MR) is 84.8 cm³/mol. The standard InChI is InChI=1S/C17H19FN2O3/c1-9-12(18)4-5-13-16(9)17(22)11(7-10-3-2-6-23-10)14(20-13)8-15(19)21/h4-5,10H,2-3,6-8H2,1H3,(H2,19,21)(H,20,22). The van der Waals surface area contributed by atoms with E-state index >= 15 is 0 Å². The van der Waals surface area contributed by atoms with Gasteiger partial charge < -0.3 is 15.5 Å². The van der Waals surface area contributed by atoms with E-state index in [1.54, 1.807) is 6.92 Å². The van der Waals surface area contributed by atoms with Crippen molar-refractivity contribution in [1.82, 2.24) is 4.98 Å². The number of ether oxygens (including phenoxy) is 1. The Bertz CT molecular complexity index is 823. The van der Waals surface area contributed by atoms with Gasteiger partial charge in [-0.25, -0.2) is 4.39 Å². The number of nitrogens with two attached hydrogens (primary N) is 1. The van der Waals surface area contributed by atoms with Gasteiger partial charge in [-0.3, -0.25) is 9.59 Å². The zero-order valence-electron chi connectivity index (χ0n) is 12.9. The number of primary amides is 1. The molecule has 6 heteroatoms. The third kappa shape index (κ3) is 2.99. The molecule has 23 heavy (non-hydrogen) atoms. The van der Waals surface area contributed by atoms with E-state index in [2.05, 4.69) is 4.98 Å². The van der Waals surface area contributed by atoms with Crippen molar-refractivity contribution in [3.8, 4) is 0 Å². The van der Waals surface area contributed by atoms with Gasteiger partial charge >= 0.3 is 0 Å². The molecule has 1 amide bonds. The third-order valence-electron chi connectivity index (χ3n) is 4.36. The van der Waals surface area contributed by atoms with Crippen molar-refractivity contribution in [2.45, 2.75) is 38.7 Å². The number of hydrogen-bond donors (Lipinski definition) is 2. The number of nitrogens with one attached hydrogen (secondary N) is 1. The summed E-state index contributed by atoms with van der Waals surface area (Å²) in [4.78, 5) is 27.3. The van der Waals surface area contributed by atoms with Crippen LogP contribution in [0.2, 0.25) is 0 Å². The lowest BCUT2D eigenvalue weighted by atomic mass is 9.97. The fourth-order valence-electron chi connectivity index (χ4n) is 3.18. The van der Waals surface area contributed by atoms with Gasteiger partial charge in [0, 0.05) is 29.8 Å². The Morgan fingerprint density at radius 3 is 2.91 bits per heavy atom. The first-order chi connectivity index (χ1) is 11.0. The summed E-state index contributed by atoms with van der Waals surface area (Å²) < 4.78 is 19.4. The highest BCUT2D eigenvalue weighted by Gasteiger charge is 2.22. The van der Waals surface area contributed by atoms with Crippen molar-refractivity contribution < 1.29 is 13.9 Å². The van der Waals surface area contributed by atoms with E-state index in [-0.39, 0.29) is 18.0 Å². The molecular weight excluding hydrogens is 299 g/mol. The largest absolute Gasteiger partial charge is 0.378 e. The minimum atomic E-state index is -0.521. The Morgan fingerprint density at radius 1 is 1.48 bits per heavy atom. The van der Waals surface area contributed by atoms with Crippen molar-refractivity contribution in [1.29, 1.82) is 0 Å². The van der Waals surface area contributed by atoms with Crippen LogP contribution in [-0.4, -0.2) is 23.6 Å². The lowest BCUT2D eigenvalue weighted by Gasteiger charge is -2.15. The van der Waals surface area contributed by atoms with Gasteiger partial charge in [0.2, 0.25) is 5.91 Å². The average molecular weight is 318 g/mol. The Labute approximate surface area is 132 Å². The maximum atomic E-state index is 13.8. The predicted octanol–water partition coefficient (Wildman–Crippen LogP) is 1.72. The Kier molecular flexibility index (Phi) is 4.17. The van der Waals surface area contributed by atoms with E-state index in [4.69, 9.17) is 10.5 Å². The zero-order valence-corrected chi connectivity index (χ0v) is 12.9. The number of pyridine rings is 1. The highest BCUT2D eigenvalue weighted by Crippen LogP contribution is 2.22. The average Bonchev–Trinajstić information content (AvgIpc) is 2.99.